The van der Waals surface area contributed by atoms with Gasteiger partial charge >= 0.3 is 6.09 Å². The number of likely N-dealkylation sites (N-methyl/N-ethyl adjacent to an activating group) is 1. The van der Waals surface area contributed by atoms with E-state index in [4.69, 9.17) is 4.84 Å². The molecular formula is C15H13N5O5. The Balaban J connectivity index is 1.92. The fourth-order valence-electron chi connectivity index (χ4n) is 2.27. The summed E-state index contributed by atoms with van der Waals surface area (Å²) < 4.78 is 0.983. The lowest BCUT2D eigenvalue weighted by Crippen LogP contribution is -2.54. The van der Waals surface area contributed by atoms with Gasteiger partial charge in [-0.2, -0.15) is 14.7 Å². The van der Waals surface area contributed by atoms with E-state index in [1.165, 1.54) is 37.9 Å². The van der Waals surface area contributed by atoms with E-state index in [-0.39, 0.29) is 11.1 Å². The molecule has 0 fully saturated rings. The summed E-state index contributed by atoms with van der Waals surface area (Å²) in [5, 5.41) is 3.57. The molecule has 1 aliphatic heterocycles. The van der Waals surface area contributed by atoms with Crippen LogP contribution in [0.25, 0.3) is 0 Å². The van der Waals surface area contributed by atoms with E-state index in [1.807, 2.05) is 0 Å². The molecule has 128 valence electrons. The number of hydrogen-bond donors (Lipinski definition) is 1. The van der Waals surface area contributed by atoms with E-state index in [1.54, 1.807) is 12.1 Å². The summed E-state index contributed by atoms with van der Waals surface area (Å²) in [4.78, 5) is 57.9. The molecule has 0 saturated carbocycles. The molecular weight excluding hydrogens is 330 g/mol. The van der Waals surface area contributed by atoms with Gasteiger partial charge < -0.3 is 10.2 Å². The third-order valence-electron chi connectivity index (χ3n) is 3.46. The van der Waals surface area contributed by atoms with Crippen LogP contribution in [0, 0.1) is 0 Å². The number of carbonyl (C=O) groups excluding carboxylic acids is 4. The Bertz CT molecular complexity index is 813. The zero-order valence-electron chi connectivity index (χ0n) is 13.1. The molecule has 3 rings (SSSR count). The fourth-order valence-corrected chi connectivity index (χ4v) is 2.27. The smallest absolute Gasteiger partial charge is 0.358 e. The number of imidazole rings is 1. The maximum absolute atomic E-state index is 12.5. The predicted molar refractivity (Wildman–Crippen MR) is 81.9 cm³/mol. The van der Waals surface area contributed by atoms with Crippen LogP contribution in [-0.2, 0) is 4.79 Å². The largest absolute Gasteiger partial charge is 0.454 e. The summed E-state index contributed by atoms with van der Waals surface area (Å²) in [5.74, 6) is -2.02. The Morgan fingerprint density at radius 2 is 1.84 bits per heavy atom. The number of carbonyl (C=O) groups is 4. The molecule has 1 aromatic heterocycles. The molecule has 10 nitrogen and oxygen atoms in total. The van der Waals surface area contributed by atoms with E-state index in [0.29, 0.717) is 10.0 Å². The monoisotopic (exact) mass is 343 g/mol. The number of aromatic nitrogens is 2. The van der Waals surface area contributed by atoms with Crippen LogP contribution in [0.1, 0.15) is 20.7 Å². The van der Waals surface area contributed by atoms with E-state index in [2.05, 4.69) is 10.3 Å². The molecule has 1 aromatic carbocycles. The lowest BCUT2D eigenvalue weighted by molar-refractivity contribution is -0.123. The predicted octanol–water partition coefficient (Wildman–Crippen LogP) is -0.309. The number of hydrazine groups is 1. The first kappa shape index (κ1) is 16.2. The molecule has 1 N–H and O–H groups in total. The Labute approximate surface area is 141 Å². The van der Waals surface area contributed by atoms with Crippen molar-refractivity contribution in [3.8, 4) is 0 Å². The second kappa shape index (κ2) is 6.43. The number of imide groups is 1. The topological polar surface area (TPSA) is 114 Å². The molecule has 1 aliphatic rings. The third kappa shape index (κ3) is 2.92. The molecule has 2 aromatic rings. The average molecular weight is 343 g/mol. The number of amides is 4. The molecule has 25 heavy (non-hydrogen) atoms. The standard InChI is InChI=1S/C15H13N5O5/c1-16-12(21)8-19(15(24)25-18-7-6-17-9-18)20-13(22)10-4-2-3-5-11(10)14(20)23/h2-7,9H,8H2,1H3,(H,16,21). The Hall–Kier alpha value is -3.69. The molecule has 0 spiro atoms. The van der Waals surface area contributed by atoms with Crippen LogP contribution in [0.15, 0.2) is 43.0 Å². The van der Waals surface area contributed by atoms with Gasteiger partial charge in [-0.25, -0.2) is 9.78 Å². The fraction of sp³-hybridized carbons (Fsp3) is 0.133. The summed E-state index contributed by atoms with van der Waals surface area (Å²) in [6.07, 6.45) is 2.84. The van der Waals surface area contributed by atoms with E-state index in [0.717, 1.165) is 4.73 Å². The molecule has 4 amide bonds. The van der Waals surface area contributed by atoms with Crippen LogP contribution >= 0.6 is 0 Å². The number of rotatable bonds is 4. The maximum atomic E-state index is 12.5. The number of fused-ring (bicyclic) bond motifs is 1. The summed E-state index contributed by atoms with van der Waals surface area (Å²) in [6.45, 7) is -0.574. The maximum Gasteiger partial charge on any atom is 0.454 e. The normalized spacial score (nSPS) is 12.8. The zero-order valence-corrected chi connectivity index (χ0v) is 13.1. The van der Waals surface area contributed by atoms with Crippen molar-refractivity contribution in [3.63, 3.8) is 0 Å². The summed E-state index contributed by atoms with van der Waals surface area (Å²) in [6, 6.07) is 6.13. The SMILES string of the molecule is CNC(=O)CN(C(=O)On1ccnc1)N1C(=O)c2ccccc2C1=O. The lowest BCUT2D eigenvalue weighted by atomic mass is 10.1. The zero-order chi connectivity index (χ0) is 18.0. The van der Waals surface area contributed by atoms with Crippen LogP contribution in [0.3, 0.4) is 0 Å². The first-order valence-corrected chi connectivity index (χ1v) is 7.19. The van der Waals surface area contributed by atoms with Gasteiger partial charge in [0.05, 0.1) is 17.3 Å². The van der Waals surface area contributed by atoms with Crippen LogP contribution in [0.2, 0.25) is 0 Å². The molecule has 0 atom stereocenters. The summed E-state index contributed by atoms with van der Waals surface area (Å²) in [7, 11) is 1.37. The number of hydrogen-bond acceptors (Lipinski definition) is 6. The quantitative estimate of drug-likeness (QED) is 0.762. The van der Waals surface area contributed by atoms with Crippen molar-refractivity contribution >= 4 is 23.8 Å². The van der Waals surface area contributed by atoms with Crippen molar-refractivity contribution in [2.45, 2.75) is 0 Å². The van der Waals surface area contributed by atoms with Gasteiger partial charge in [0.2, 0.25) is 5.91 Å². The van der Waals surface area contributed by atoms with Crippen molar-refractivity contribution in [1.82, 2.24) is 25.0 Å². The van der Waals surface area contributed by atoms with Crippen molar-refractivity contribution < 1.29 is 24.0 Å². The minimum atomic E-state index is -1.09. The third-order valence-corrected chi connectivity index (χ3v) is 3.46. The van der Waals surface area contributed by atoms with Crippen LogP contribution in [-0.4, -0.2) is 57.1 Å². The highest BCUT2D eigenvalue weighted by molar-refractivity contribution is 6.21. The second-order valence-corrected chi connectivity index (χ2v) is 4.98. The van der Waals surface area contributed by atoms with Gasteiger partial charge in [0, 0.05) is 13.2 Å². The summed E-state index contributed by atoms with van der Waals surface area (Å²) >= 11 is 0. The Morgan fingerprint density at radius 1 is 1.20 bits per heavy atom. The lowest BCUT2D eigenvalue weighted by Gasteiger charge is -2.27. The van der Waals surface area contributed by atoms with Crippen molar-refractivity contribution in [2.75, 3.05) is 13.6 Å². The molecule has 0 saturated heterocycles. The molecule has 0 unspecified atom stereocenters. The van der Waals surface area contributed by atoms with E-state index < -0.39 is 30.4 Å². The second-order valence-electron chi connectivity index (χ2n) is 4.98. The van der Waals surface area contributed by atoms with Gasteiger partial charge in [0.1, 0.15) is 12.9 Å². The average Bonchev–Trinajstić information content (AvgIpc) is 3.21. The van der Waals surface area contributed by atoms with Gasteiger partial charge in [-0.3, -0.25) is 14.4 Å². The van der Waals surface area contributed by atoms with Crippen molar-refractivity contribution in [2.24, 2.45) is 0 Å². The summed E-state index contributed by atoms with van der Waals surface area (Å²) in [5.41, 5.74) is 0.287. The molecule has 0 bridgehead atoms. The first-order chi connectivity index (χ1) is 12.0. The minimum absolute atomic E-state index is 0.143. The number of nitrogens with zero attached hydrogens (tertiary/aromatic N) is 4. The minimum Gasteiger partial charge on any atom is -0.358 e. The molecule has 2 heterocycles. The van der Waals surface area contributed by atoms with E-state index in [9.17, 15) is 19.2 Å². The first-order valence-electron chi connectivity index (χ1n) is 7.19. The van der Waals surface area contributed by atoms with Crippen LogP contribution in [0.5, 0.6) is 0 Å². The molecule has 0 aliphatic carbocycles. The Kier molecular flexibility index (Phi) is 4.16. The van der Waals surface area contributed by atoms with E-state index >= 15 is 0 Å². The van der Waals surface area contributed by atoms with Crippen molar-refractivity contribution in [1.29, 1.82) is 0 Å². The van der Waals surface area contributed by atoms with Crippen LogP contribution < -0.4 is 10.2 Å². The highest BCUT2D eigenvalue weighted by atomic mass is 16.7. The number of nitrogens with one attached hydrogen (secondary N) is 1. The van der Waals surface area contributed by atoms with Gasteiger partial charge in [-0.15, -0.1) is 0 Å². The highest BCUT2D eigenvalue weighted by Crippen LogP contribution is 2.24. The molecule has 0 radical (unpaired) electrons. The van der Waals surface area contributed by atoms with Gasteiger partial charge in [0.15, 0.2) is 0 Å². The number of benzene rings is 1. The van der Waals surface area contributed by atoms with Gasteiger partial charge in [-0.05, 0) is 12.1 Å². The van der Waals surface area contributed by atoms with Gasteiger partial charge in [0.25, 0.3) is 11.8 Å². The molecule has 10 heteroatoms. The van der Waals surface area contributed by atoms with Crippen molar-refractivity contribution in [3.05, 3.63) is 54.1 Å². The van der Waals surface area contributed by atoms with Gasteiger partial charge in [-0.1, -0.05) is 12.1 Å². The highest BCUT2D eigenvalue weighted by Gasteiger charge is 2.42. The van der Waals surface area contributed by atoms with Crippen LogP contribution in [0.4, 0.5) is 4.79 Å². The Morgan fingerprint density at radius 3 is 2.36 bits per heavy atom.